The van der Waals surface area contributed by atoms with E-state index in [1.165, 1.54) is 0 Å². The number of pyridine rings is 1. The average molecular weight is 324 g/mol. The Hall–Kier alpha value is -2.66. The lowest BCUT2D eigenvalue weighted by Crippen LogP contribution is -2.12. The number of nitrogens with zero attached hydrogens (tertiary/aromatic N) is 1. The van der Waals surface area contributed by atoms with E-state index in [2.05, 4.69) is 10.3 Å². The molecule has 0 bridgehead atoms. The summed E-state index contributed by atoms with van der Waals surface area (Å²) in [7, 11) is 0. The highest BCUT2D eigenvalue weighted by Crippen LogP contribution is 2.17. The molecule has 2 aromatic heterocycles. The van der Waals surface area contributed by atoms with Crippen LogP contribution in [0.1, 0.15) is 20.8 Å². The first-order valence-corrected chi connectivity index (χ1v) is 8.08. The van der Waals surface area contributed by atoms with Crippen LogP contribution in [-0.4, -0.2) is 10.9 Å². The van der Waals surface area contributed by atoms with Crippen molar-refractivity contribution in [3.63, 3.8) is 0 Å². The Kier molecular flexibility index (Phi) is 4.68. The van der Waals surface area contributed by atoms with Gasteiger partial charge in [-0.3, -0.25) is 4.79 Å². The van der Waals surface area contributed by atoms with Crippen molar-refractivity contribution in [3.05, 3.63) is 76.1 Å². The van der Waals surface area contributed by atoms with Crippen LogP contribution in [-0.2, 0) is 6.61 Å². The second-order valence-corrected chi connectivity index (χ2v) is 6.10. The van der Waals surface area contributed by atoms with Gasteiger partial charge in [0.2, 0.25) is 0 Å². The molecular formula is C18H16N2O2S. The number of aromatic nitrogens is 1. The molecule has 1 aromatic carbocycles. The number of hydrogen-bond donors (Lipinski definition) is 1. The van der Waals surface area contributed by atoms with E-state index in [9.17, 15) is 4.79 Å². The smallest absolute Gasteiger partial charge is 0.256 e. The molecule has 0 aliphatic rings. The zero-order chi connectivity index (χ0) is 16.1. The molecular weight excluding hydrogens is 308 g/mol. The third-order valence-corrected chi connectivity index (χ3v) is 4.08. The lowest BCUT2D eigenvalue weighted by Gasteiger charge is -2.07. The van der Waals surface area contributed by atoms with E-state index in [0.717, 1.165) is 16.2 Å². The van der Waals surface area contributed by atoms with Gasteiger partial charge in [0.05, 0.1) is 0 Å². The van der Waals surface area contributed by atoms with Crippen LogP contribution in [0.25, 0.3) is 0 Å². The predicted octanol–water partition coefficient (Wildman–Crippen LogP) is 4.28. The maximum Gasteiger partial charge on any atom is 0.256 e. The van der Waals surface area contributed by atoms with Crippen molar-refractivity contribution in [3.8, 4) is 5.75 Å². The van der Waals surface area contributed by atoms with Crippen LogP contribution in [0.2, 0.25) is 0 Å². The number of hydrogen-bond acceptors (Lipinski definition) is 4. The molecule has 3 rings (SSSR count). The molecule has 0 atom stereocenters. The van der Waals surface area contributed by atoms with Crippen LogP contribution >= 0.6 is 11.3 Å². The molecule has 0 fully saturated rings. The monoisotopic (exact) mass is 324 g/mol. The fourth-order valence-electron chi connectivity index (χ4n) is 1.98. The Balaban J connectivity index is 1.59. The summed E-state index contributed by atoms with van der Waals surface area (Å²) in [6.45, 7) is 2.49. The van der Waals surface area contributed by atoms with E-state index in [1.807, 2.05) is 30.5 Å². The minimum absolute atomic E-state index is 0.189. The summed E-state index contributed by atoms with van der Waals surface area (Å²) < 4.78 is 5.68. The van der Waals surface area contributed by atoms with Crippen LogP contribution < -0.4 is 10.1 Å². The fourth-order valence-corrected chi connectivity index (χ4v) is 2.60. The van der Waals surface area contributed by atoms with Crippen molar-refractivity contribution in [1.82, 2.24) is 4.98 Å². The van der Waals surface area contributed by atoms with Gasteiger partial charge in [-0.2, -0.15) is 0 Å². The number of nitrogens with one attached hydrogen (secondary N) is 1. The summed E-state index contributed by atoms with van der Waals surface area (Å²) in [5.74, 6) is 1.09. The highest BCUT2D eigenvalue weighted by atomic mass is 32.1. The number of anilines is 1. The number of carbonyl (C=O) groups excluding carboxylic acids is 1. The van der Waals surface area contributed by atoms with Crippen molar-refractivity contribution in [1.29, 1.82) is 0 Å². The number of benzene rings is 1. The zero-order valence-electron chi connectivity index (χ0n) is 12.7. The Morgan fingerprint density at radius 3 is 2.65 bits per heavy atom. The van der Waals surface area contributed by atoms with Crippen LogP contribution in [0, 0.1) is 6.92 Å². The SMILES string of the molecule is Cc1ccc(NC(=O)c2ccc(OCc3cccs3)cc2)nc1. The molecule has 0 radical (unpaired) electrons. The maximum absolute atomic E-state index is 12.2. The van der Waals surface area contributed by atoms with E-state index in [1.54, 1.807) is 47.9 Å². The van der Waals surface area contributed by atoms with Gasteiger partial charge in [0, 0.05) is 16.6 Å². The maximum atomic E-state index is 12.2. The summed E-state index contributed by atoms with van der Waals surface area (Å²) in [5.41, 5.74) is 1.62. The van der Waals surface area contributed by atoms with E-state index in [-0.39, 0.29) is 5.91 Å². The first-order valence-electron chi connectivity index (χ1n) is 7.20. The minimum atomic E-state index is -0.189. The first-order chi connectivity index (χ1) is 11.2. The van der Waals surface area contributed by atoms with Crippen LogP contribution in [0.4, 0.5) is 5.82 Å². The van der Waals surface area contributed by atoms with Gasteiger partial charge in [-0.25, -0.2) is 4.98 Å². The zero-order valence-corrected chi connectivity index (χ0v) is 13.5. The third kappa shape index (κ3) is 4.17. The molecule has 1 N–H and O–H groups in total. The normalized spacial score (nSPS) is 10.3. The molecule has 116 valence electrons. The molecule has 0 spiro atoms. The van der Waals surface area contributed by atoms with E-state index in [4.69, 9.17) is 4.74 Å². The van der Waals surface area contributed by atoms with Crippen LogP contribution in [0.5, 0.6) is 5.75 Å². The molecule has 1 amide bonds. The standard InChI is InChI=1S/C18H16N2O2S/c1-13-4-9-17(19-11-13)20-18(21)14-5-7-15(8-6-14)22-12-16-3-2-10-23-16/h2-11H,12H2,1H3,(H,19,20,21). The molecule has 5 heteroatoms. The van der Waals surface area contributed by atoms with Crippen molar-refractivity contribution >= 4 is 23.1 Å². The van der Waals surface area contributed by atoms with Crippen molar-refractivity contribution in [2.45, 2.75) is 13.5 Å². The van der Waals surface area contributed by atoms with Crippen molar-refractivity contribution in [2.75, 3.05) is 5.32 Å². The predicted molar refractivity (Wildman–Crippen MR) is 92.0 cm³/mol. The van der Waals surface area contributed by atoms with E-state index in [0.29, 0.717) is 18.0 Å². The Labute approximate surface area is 138 Å². The highest BCUT2D eigenvalue weighted by molar-refractivity contribution is 7.09. The largest absolute Gasteiger partial charge is 0.488 e. The number of aryl methyl sites for hydroxylation is 1. The van der Waals surface area contributed by atoms with Gasteiger partial charge in [0.1, 0.15) is 18.2 Å². The van der Waals surface area contributed by atoms with Gasteiger partial charge >= 0.3 is 0 Å². The van der Waals surface area contributed by atoms with Crippen molar-refractivity contribution in [2.24, 2.45) is 0 Å². The topological polar surface area (TPSA) is 51.2 Å². The summed E-state index contributed by atoms with van der Waals surface area (Å²) in [6, 6.07) is 14.8. The van der Waals surface area contributed by atoms with Gasteiger partial charge in [-0.05, 0) is 54.3 Å². The second kappa shape index (κ2) is 7.07. The quantitative estimate of drug-likeness (QED) is 0.762. The lowest BCUT2D eigenvalue weighted by molar-refractivity contribution is 0.102. The Morgan fingerprint density at radius 1 is 1.17 bits per heavy atom. The van der Waals surface area contributed by atoms with E-state index >= 15 is 0 Å². The summed E-state index contributed by atoms with van der Waals surface area (Å²) in [4.78, 5) is 17.5. The first kappa shape index (κ1) is 15.2. The average Bonchev–Trinajstić information content (AvgIpc) is 3.09. The summed E-state index contributed by atoms with van der Waals surface area (Å²) in [6.07, 6.45) is 1.72. The van der Waals surface area contributed by atoms with Crippen LogP contribution in [0.3, 0.4) is 0 Å². The fraction of sp³-hybridized carbons (Fsp3) is 0.111. The summed E-state index contributed by atoms with van der Waals surface area (Å²) >= 11 is 1.66. The number of carbonyl (C=O) groups is 1. The number of rotatable bonds is 5. The molecule has 0 aliphatic carbocycles. The minimum Gasteiger partial charge on any atom is -0.488 e. The van der Waals surface area contributed by atoms with Gasteiger partial charge < -0.3 is 10.1 Å². The van der Waals surface area contributed by atoms with Gasteiger partial charge in [0.25, 0.3) is 5.91 Å². The Bertz CT molecular complexity index is 766. The molecule has 0 unspecified atom stereocenters. The molecule has 4 nitrogen and oxygen atoms in total. The molecule has 0 saturated carbocycles. The number of amides is 1. The third-order valence-electron chi connectivity index (χ3n) is 3.23. The van der Waals surface area contributed by atoms with Gasteiger partial charge in [0.15, 0.2) is 0 Å². The highest BCUT2D eigenvalue weighted by Gasteiger charge is 2.07. The summed E-state index contributed by atoms with van der Waals surface area (Å²) in [5, 5.41) is 4.79. The molecule has 3 aromatic rings. The molecule has 23 heavy (non-hydrogen) atoms. The molecule has 2 heterocycles. The number of thiophene rings is 1. The van der Waals surface area contributed by atoms with Crippen LogP contribution in [0.15, 0.2) is 60.1 Å². The molecule has 0 saturated heterocycles. The second-order valence-electron chi connectivity index (χ2n) is 5.07. The van der Waals surface area contributed by atoms with E-state index < -0.39 is 0 Å². The lowest BCUT2D eigenvalue weighted by atomic mass is 10.2. The van der Waals surface area contributed by atoms with Gasteiger partial charge in [-0.1, -0.05) is 12.1 Å². The number of ether oxygens (including phenoxy) is 1. The molecule has 0 aliphatic heterocycles. The van der Waals surface area contributed by atoms with Gasteiger partial charge in [-0.15, -0.1) is 11.3 Å². The van der Waals surface area contributed by atoms with Crippen molar-refractivity contribution < 1.29 is 9.53 Å². The Morgan fingerprint density at radius 2 is 2.00 bits per heavy atom.